The number of Topliss-reactive ketones (excluding diaryl/α,β-unsaturated/α-hetero) is 1. The summed E-state index contributed by atoms with van der Waals surface area (Å²) in [4.78, 5) is 30.1. The SMILES string of the molecule is COc1cccc(C2/C(=C(\O)c3ccccc3)C(=O)C(=O)N2CCN2CCCC2)c1OC. The Labute approximate surface area is 187 Å². The number of hydrogen-bond acceptors (Lipinski definition) is 6. The molecule has 0 saturated carbocycles. The first-order valence-corrected chi connectivity index (χ1v) is 10.8. The summed E-state index contributed by atoms with van der Waals surface area (Å²) in [6.07, 6.45) is 2.28. The van der Waals surface area contributed by atoms with Crippen molar-refractivity contribution in [3.05, 3.63) is 65.2 Å². The summed E-state index contributed by atoms with van der Waals surface area (Å²) in [5.41, 5.74) is 1.15. The van der Waals surface area contributed by atoms with Crippen LogP contribution < -0.4 is 9.47 Å². The molecule has 168 valence electrons. The average Bonchev–Trinajstić information content (AvgIpc) is 3.44. The fourth-order valence-electron chi connectivity index (χ4n) is 4.57. The molecule has 0 spiro atoms. The van der Waals surface area contributed by atoms with Crippen molar-refractivity contribution < 1.29 is 24.2 Å². The maximum Gasteiger partial charge on any atom is 0.295 e. The second-order valence-electron chi connectivity index (χ2n) is 7.99. The van der Waals surface area contributed by atoms with Crippen molar-refractivity contribution in [2.45, 2.75) is 18.9 Å². The molecule has 4 rings (SSSR count). The molecule has 0 radical (unpaired) electrons. The van der Waals surface area contributed by atoms with Crippen LogP contribution in [0.3, 0.4) is 0 Å². The van der Waals surface area contributed by atoms with E-state index in [9.17, 15) is 14.7 Å². The molecule has 32 heavy (non-hydrogen) atoms. The predicted octanol–water partition coefficient (Wildman–Crippen LogP) is 3.22. The molecule has 1 N–H and O–H groups in total. The van der Waals surface area contributed by atoms with Crippen molar-refractivity contribution in [3.8, 4) is 11.5 Å². The number of nitrogens with zero attached hydrogens (tertiary/aromatic N) is 2. The van der Waals surface area contributed by atoms with Crippen molar-refractivity contribution in [1.82, 2.24) is 9.80 Å². The molecular formula is C25H28N2O5. The van der Waals surface area contributed by atoms with Crippen molar-refractivity contribution in [2.24, 2.45) is 0 Å². The highest BCUT2D eigenvalue weighted by Gasteiger charge is 2.47. The summed E-state index contributed by atoms with van der Waals surface area (Å²) in [7, 11) is 3.06. The quantitative estimate of drug-likeness (QED) is 0.408. The van der Waals surface area contributed by atoms with Crippen LogP contribution in [0.15, 0.2) is 54.1 Å². The van der Waals surface area contributed by atoms with Gasteiger partial charge in [0.2, 0.25) is 0 Å². The van der Waals surface area contributed by atoms with E-state index >= 15 is 0 Å². The molecule has 1 amide bonds. The topological polar surface area (TPSA) is 79.3 Å². The Balaban J connectivity index is 1.83. The number of hydrogen-bond donors (Lipinski definition) is 1. The van der Waals surface area contributed by atoms with Crippen LogP contribution >= 0.6 is 0 Å². The second-order valence-corrected chi connectivity index (χ2v) is 7.99. The summed E-state index contributed by atoms with van der Waals surface area (Å²) in [6, 6.07) is 13.4. The number of benzene rings is 2. The van der Waals surface area contributed by atoms with Gasteiger partial charge >= 0.3 is 0 Å². The summed E-state index contributed by atoms with van der Waals surface area (Å²) in [5.74, 6) is -0.566. The number of aliphatic hydroxyl groups is 1. The average molecular weight is 437 g/mol. The maximum absolute atomic E-state index is 13.2. The number of methoxy groups -OCH3 is 2. The number of likely N-dealkylation sites (tertiary alicyclic amines) is 2. The molecule has 7 nitrogen and oxygen atoms in total. The highest BCUT2D eigenvalue weighted by Crippen LogP contribution is 2.45. The molecule has 1 atom stereocenters. The third-order valence-electron chi connectivity index (χ3n) is 6.17. The van der Waals surface area contributed by atoms with E-state index in [0.717, 1.165) is 25.9 Å². The van der Waals surface area contributed by atoms with Crippen LogP contribution in [0.2, 0.25) is 0 Å². The molecule has 1 unspecified atom stereocenters. The van der Waals surface area contributed by atoms with E-state index in [4.69, 9.17) is 9.47 Å². The zero-order valence-electron chi connectivity index (χ0n) is 18.4. The van der Waals surface area contributed by atoms with Crippen LogP contribution in [0, 0.1) is 0 Å². The number of amides is 1. The first-order valence-electron chi connectivity index (χ1n) is 10.8. The van der Waals surface area contributed by atoms with Gasteiger partial charge in [0.25, 0.3) is 11.7 Å². The van der Waals surface area contributed by atoms with E-state index in [1.54, 1.807) is 47.4 Å². The lowest BCUT2D eigenvalue weighted by atomic mass is 9.94. The largest absolute Gasteiger partial charge is 0.507 e. The Morgan fingerprint density at radius 1 is 0.969 bits per heavy atom. The molecule has 0 aromatic heterocycles. The molecule has 2 aromatic carbocycles. The van der Waals surface area contributed by atoms with Gasteiger partial charge in [-0.2, -0.15) is 0 Å². The maximum atomic E-state index is 13.2. The third kappa shape index (κ3) is 3.96. The lowest BCUT2D eigenvalue weighted by Crippen LogP contribution is -2.37. The molecule has 7 heteroatoms. The number of carbonyl (C=O) groups is 2. The highest BCUT2D eigenvalue weighted by atomic mass is 16.5. The van der Waals surface area contributed by atoms with Gasteiger partial charge in [-0.05, 0) is 32.0 Å². The van der Waals surface area contributed by atoms with Crippen LogP contribution in [-0.2, 0) is 9.59 Å². The molecule has 2 aromatic rings. The normalized spacial score (nSPS) is 20.7. The minimum atomic E-state index is -0.775. The van der Waals surface area contributed by atoms with Crippen molar-refractivity contribution in [2.75, 3.05) is 40.4 Å². The smallest absolute Gasteiger partial charge is 0.295 e. The van der Waals surface area contributed by atoms with Crippen LogP contribution in [-0.4, -0.2) is 67.0 Å². The minimum Gasteiger partial charge on any atom is -0.507 e. The number of carbonyl (C=O) groups excluding carboxylic acids is 2. The lowest BCUT2D eigenvalue weighted by Gasteiger charge is -2.28. The monoisotopic (exact) mass is 436 g/mol. The molecule has 2 heterocycles. The highest BCUT2D eigenvalue weighted by molar-refractivity contribution is 6.46. The van der Waals surface area contributed by atoms with Gasteiger partial charge in [-0.3, -0.25) is 9.59 Å². The molecular weight excluding hydrogens is 408 g/mol. The van der Waals surface area contributed by atoms with Gasteiger partial charge in [0.1, 0.15) is 5.76 Å². The lowest BCUT2D eigenvalue weighted by molar-refractivity contribution is -0.140. The number of para-hydroxylation sites is 1. The fourth-order valence-corrected chi connectivity index (χ4v) is 4.57. The van der Waals surface area contributed by atoms with Gasteiger partial charge in [0.05, 0.1) is 25.8 Å². The molecule has 2 aliphatic heterocycles. The first-order chi connectivity index (χ1) is 15.6. The summed E-state index contributed by atoms with van der Waals surface area (Å²) in [6.45, 7) is 3.02. The predicted molar refractivity (Wildman–Crippen MR) is 121 cm³/mol. The van der Waals surface area contributed by atoms with Gasteiger partial charge in [-0.15, -0.1) is 0 Å². The van der Waals surface area contributed by atoms with Crippen LogP contribution in [0.25, 0.3) is 5.76 Å². The van der Waals surface area contributed by atoms with Crippen molar-refractivity contribution >= 4 is 17.4 Å². The Morgan fingerprint density at radius 2 is 1.69 bits per heavy atom. The molecule has 2 saturated heterocycles. The zero-order valence-corrected chi connectivity index (χ0v) is 18.4. The van der Waals surface area contributed by atoms with Crippen LogP contribution in [0.5, 0.6) is 11.5 Å². The molecule has 0 aliphatic carbocycles. The minimum absolute atomic E-state index is 0.0641. The van der Waals surface area contributed by atoms with E-state index in [1.807, 2.05) is 6.07 Å². The van der Waals surface area contributed by atoms with Gasteiger partial charge in [0.15, 0.2) is 11.5 Å². The number of aliphatic hydroxyl groups excluding tert-OH is 1. The Bertz CT molecular complexity index is 1030. The third-order valence-corrected chi connectivity index (χ3v) is 6.17. The van der Waals surface area contributed by atoms with Gasteiger partial charge in [0, 0.05) is 24.2 Å². The standard InChI is InChI=1S/C25H28N2O5/c1-31-19-12-8-11-18(24(19)32-2)21-20(22(28)17-9-4-3-5-10-17)23(29)25(30)27(21)16-15-26-13-6-7-14-26/h3-5,8-12,21,28H,6-7,13-16H2,1-2H3/b22-20+. The number of ketones is 1. The molecule has 2 fully saturated rings. The first kappa shape index (κ1) is 21.9. The second kappa shape index (κ2) is 9.44. The summed E-state index contributed by atoms with van der Waals surface area (Å²) >= 11 is 0. The van der Waals surface area contributed by atoms with Gasteiger partial charge in [-0.1, -0.05) is 42.5 Å². The summed E-state index contributed by atoms with van der Waals surface area (Å²) in [5, 5.41) is 11.1. The number of rotatable bonds is 7. The zero-order chi connectivity index (χ0) is 22.7. The van der Waals surface area contributed by atoms with Gasteiger partial charge < -0.3 is 24.4 Å². The van der Waals surface area contributed by atoms with E-state index < -0.39 is 17.7 Å². The van der Waals surface area contributed by atoms with Gasteiger partial charge in [-0.25, -0.2) is 0 Å². The summed E-state index contributed by atoms with van der Waals surface area (Å²) < 4.78 is 11.1. The Morgan fingerprint density at radius 3 is 2.34 bits per heavy atom. The van der Waals surface area contributed by atoms with Crippen LogP contribution in [0.1, 0.15) is 30.0 Å². The van der Waals surface area contributed by atoms with E-state index in [1.165, 1.54) is 14.2 Å². The Kier molecular flexibility index (Phi) is 6.46. The van der Waals surface area contributed by atoms with Crippen molar-refractivity contribution in [3.63, 3.8) is 0 Å². The molecule has 2 aliphatic rings. The van der Waals surface area contributed by atoms with E-state index in [-0.39, 0.29) is 11.3 Å². The fraction of sp³-hybridized carbons (Fsp3) is 0.360. The van der Waals surface area contributed by atoms with E-state index in [0.29, 0.717) is 35.7 Å². The van der Waals surface area contributed by atoms with E-state index in [2.05, 4.69) is 4.90 Å². The van der Waals surface area contributed by atoms with Crippen LogP contribution in [0.4, 0.5) is 0 Å². The molecule has 0 bridgehead atoms. The number of ether oxygens (including phenoxy) is 2. The van der Waals surface area contributed by atoms with Crippen molar-refractivity contribution in [1.29, 1.82) is 0 Å². The Hall–Kier alpha value is -3.32.